The Kier molecular flexibility index (Phi) is 5.56. The molecule has 5 nitrogen and oxygen atoms in total. The van der Waals surface area contributed by atoms with E-state index in [2.05, 4.69) is 35.1 Å². The van der Waals surface area contributed by atoms with Crippen LogP contribution in [0, 0.1) is 0 Å². The van der Waals surface area contributed by atoms with Crippen molar-refractivity contribution in [1.29, 1.82) is 0 Å². The summed E-state index contributed by atoms with van der Waals surface area (Å²) in [6.45, 7) is 4.77. The third-order valence-electron chi connectivity index (χ3n) is 4.27. The number of benzene rings is 2. The fraction of sp³-hybridized carbons (Fsp3) is 0.350. The molecule has 0 saturated heterocycles. The van der Waals surface area contributed by atoms with Gasteiger partial charge in [-0.15, -0.1) is 0 Å². The smallest absolute Gasteiger partial charge is 0.276 e. The number of hydrogen-bond donors (Lipinski definition) is 2. The van der Waals surface area contributed by atoms with Gasteiger partial charge in [0, 0.05) is 12.1 Å². The van der Waals surface area contributed by atoms with Crippen LogP contribution < -0.4 is 15.5 Å². The summed E-state index contributed by atoms with van der Waals surface area (Å²) < 4.78 is 5.59. The minimum Gasteiger partial charge on any atom is -0.494 e. The Morgan fingerprint density at radius 2 is 1.80 bits per heavy atom. The van der Waals surface area contributed by atoms with E-state index in [0.717, 1.165) is 24.3 Å². The van der Waals surface area contributed by atoms with Crippen LogP contribution in [0.1, 0.15) is 35.3 Å². The molecule has 3 rings (SSSR count). The first kappa shape index (κ1) is 17.3. The number of rotatable bonds is 7. The molecule has 1 aliphatic rings. The molecule has 1 aliphatic carbocycles. The SMILES string of the molecule is CCONC(=O)c1ccc(OCC)cc1NC1Cc2ccccc2C1. The van der Waals surface area contributed by atoms with Crippen LogP contribution in [0.3, 0.4) is 0 Å². The number of nitrogens with one attached hydrogen (secondary N) is 2. The highest BCUT2D eigenvalue weighted by molar-refractivity contribution is 5.99. The van der Waals surface area contributed by atoms with Gasteiger partial charge in [0.2, 0.25) is 0 Å². The lowest BCUT2D eigenvalue weighted by atomic mass is 10.1. The zero-order valence-electron chi connectivity index (χ0n) is 14.7. The van der Waals surface area contributed by atoms with E-state index in [1.807, 2.05) is 19.9 Å². The highest BCUT2D eigenvalue weighted by atomic mass is 16.6. The molecule has 0 spiro atoms. The standard InChI is InChI=1S/C20H24N2O3/c1-3-24-17-9-10-18(20(23)22-25-4-2)19(13-17)21-16-11-14-7-5-6-8-15(14)12-16/h5-10,13,16,21H,3-4,11-12H2,1-2H3,(H,22,23). The van der Waals surface area contributed by atoms with E-state index in [-0.39, 0.29) is 11.9 Å². The molecule has 1 amide bonds. The fourth-order valence-electron chi connectivity index (χ4n) is 3.17. The van der Waals surface area contributed by atoms with E-state index >= 15 is 0 Å². The molecule has 2 N–H and O–H groups in total. The Morgan fingerprint density at radius 3 is 2.44 bits per heavy atom. The molecule has 0 aliphatic heterocycles. The van der Waals surface area contributed by atoms with Crippen molar-refractivity contribution in [2.24, 2.45) is 0 Å². The summed E-state index contributed by atoms with van der Waals surface area (Å²) in [6.07, 6.45) is 1.89. The summed E-state index contributed by atoms with van der Waals surface area (Å²) in [7, 11) is 0. The second kappa shape index (κ2) is 8.03. The van der Waals surface area contributed by atoms with Crippen molar-refractivity contribution in [2.75, 3.05) is 18.5 Å². The van der Waals surface area contributed by atoms with Crippen LogP contribution in [0.15, 0.2) is 42.5 Å². The van der Waals surface area contributed by atoms with E-state index in [1.54, 1.807) is 12.1 Å². The summed E-state index contributed by atoms with van der Waals surface area (Å²) >= 11 is 0. The van der Waals surface area contributed by atoms with Gasteiger partial charge in [-0.1, -0.05) is 24.3 Å². The number of carbonyl (C=O) groups is 1. The van der Waals surface area contributed by atoms with Crippen LogP contribution >= 0.6 is 0 Å². The molecular weight excluding hydrogens is 316 g/mol. The molecular formula is C20H24N2O3. The molecule has 0 radical (unpaired) electrons. The molecule has 25 heavy (non-hydrogen) atoms. The van der Waals surface area contributed by atoms with Gasteiger partial charge < -0.3 is 10.1 Å². The third-order valence-corrected chi connectivity index (χ3v) is 4.27. The maximum Gasteiger partial charge on any atom is 0.276 e. The first-order valence-corrected chi connectivity index (χ1v) is 8.73. The average molecular weight is 340 g/mol. The molecule has 0 heterocycles. The number of fused-ring (bicyclic) bond motifs is 1. The molecule has 132 valence electrons. The van der Waals surface area contributed by atoms with E-state index in [4.69, 9.17) is 9.57 Å². The quantitative estimate of drug-likeness (QED) is 0.759. The Hall–Kier alpha value is -2.53. The zero-order valence-corrected chi connectivity index (χ0v) is 14.7. The number of hydroxylamine groups is 1. The molecule has 0 aromatic heterocycles. The van der Waals surface area contributed by atoms with Crippen molar-refractivity contribution in [1.82, 2.24) is 5.48 Å². The number of anilines is 1. The number of ether oxygens (including phenoxy) is 1. The minimum atomic E-state index is -0.261. The number of amides is 1. The summed E-state index contributed by atoms with van der Waals surface area (Å²) in [4.78, 5) is 17.4. The van der Waals surface area contributed by atoms with Gasteiger partial charge in [-0.2, -0.15) is 0 Å². The van der Waals surface area contributed by atoms with E-state index in [0.29, 0.717) is 18.8 Å². The van der Waals surface area contributed by atoms with Gasteiger partial charge in [0.25, 0.3) is 5.91 Å². The van der Waals surface area contributed by atoms with Crippen LogP contribution in [0.25, 0.3) is 0 Å². The van der Waals surface area contributed by atoms with Gasteiger partial charge in [-0.05, 0) is 49.9 Å². The van der Waals surface area contributed by atoms with Gasteiger partial charge >= 0.3 is 0 Å². The molecule has 5 heteroatoms. The molecule has 0 saturated carbocycles. The van der Waals surface area contributed by atoms with Crippen molar-refractivity contribution < 1.29 is 14.4 Å². The first-order valence-electron chi connectivity index (χ1n) is 8.73. The van der Waals surface area contributed by atoms with E-state index in [9.17, 15) is 4.79 Å². The topological polar surface area (TPSA) is 59.6 Å². The largest absolute Gasteiger partial charge is 0.494 e. The van der Waals surface area contributed by atoms with Gasteiger partial charge in [-0.3, -0.25) is 9.63 Å². The number of hydrogen-bond acceptors (Lipinski definition) is 4. The van der Waals surface area contributed by atoms with Crippen molar-refractivity contribution in [3.63, 3.8) is 0 Å². The van der Waals surface area contributed by atoms with Gasteiger partial charge in [-0.25, -0.2) is 5.48 Å². The molecule has 0 bridgehead atoms. The summed E-state index contributed by atoms with van der Waals surface area (Å²) in [5.41, 5.74) is 6.50. The average Bonchev–Trinajstić information content (AvgIpc) is 3.02. The van der Waals surface area contributed by atoms with Crippen LogP contribution in [0.5, 0.6) is 5.75 Å². The van der Waals surface area contributed by atoms with Crippen molar-refractivity contribution in [3.8, 4) is 5.75 Å². The van der Waals surface area contributed by atoms with Gasteiger partial charge in [0.15, 0.2) is 0 Å². The summed E-state index contributed by atoms with van der Waals surface area (Å²) in [6, 6.07) is 14.2. The second-order valence-electron chi connectivity index (χ2n) is 6.02. The Labute approximate surface area is 148 Å². The number of carbonyl (C=O) groups excluding carboxylic acids is 1. The normalized spacial score (nSPS) is 13.4. The maximum atomic E-state index is 12.4. The molecule has 0 atom stereocenters. The zero-order chi connectivity index (χ0) is 17.6. The predicted molar refractivity (Wildman–Crippen MR) is 98.0 cm³/mol. The van der Waals surface area contributed by atoms with Crippen LogP contribution in [0.2, 0.25) is 0 Å². The maximum absolute atomic E-state index is 12.4. The van der Waals surface area contributed by atoms with Crippen LogP contribution in [-0.2, 0) is 17.7 Å². The highest BCUT2D eigenvalue weighted by Crippen LogP contribution is 2.28. The Bertz CT molecular complexity index is 720. The minimum absolute atomic E-state index is 0.257. The Balaban J connectivity index is 1.80. The van der Waals surface area contributed by atoms with Crippen LogP contribution in [0.4, 0.5) is 5.69 Å². The molecule has 0 unspecified atom stereocenters. The lowest BCUT2D eigenvalue weighted by Gasteiger charge is -2.18. The fourth-order valence-corrected chi connectivity index (χ4v) is 3.17. The molecule has 2 aromatic carbocycles. The monoisotopic (exact) mass is 340 g/mol. The van der Waals surface area contributed by atoms with Gasteiger partial charge in [0.1, 0.15) is 5.75 Å². The van der Waals surface area contributed by atoms with Crippen molar-refractivity contribution in [2.45, 2.75) is 32.7 Å². The lowest BCUT2D eigenvalue weighted by molar-refractivity contribution is 0.0365. The van der Waals surface area contributed by atoms with Gasteiger partial charge in [0.05, 0.1) is 24.5 Å². The molecule has 0 fully saturated rings. The lowest BCUT2D eigenvalue weighted by Crippen LogP contribution is -2.27. The van der Waals surface area contributed by atoms with Crippen LogP contribution in [-0.4, -0.2) is 25.2 Å². The summed E-state index contributed by atoms with van der Waals surface area (Å²) in [5, 5.41) is 3.52. The predicted octanol–water partition coefficient (Wildman–Crippen LogP) is 3.35. The highest BCUT2D eigenvalue weighted by Gasteiger charge is 2.23. The van der Waals surface area contributed by atoms with E-state index < -0.39 is 0 Å². The van der Waals surface area contributed by atoms with Crippen molar-refractivity contribution >= 4 is 11.6 Å². The molecule has 2 aromatic rings. The Morgan fingerprint density at radius 1 is 1.08 bits per heavy atom. The first-order chi connectivity index (χ1) is 12.2. The second-order valence-corrected chi connectivity index (χ2v) is 6.02. The van der Waals surface area contributed by atoms with Crippen molar-refractivity contribution in [3.05, 3.63) is 59.2 Å². The van der Waals surface area contributed by atoms with E-state index in [1.165, 1.54) is 11.1 Å². The summed E-state index contributed by atoms with van der Waals surface area (Å²) in [5.74, 6) is 0.483. The third kappa shape index (κ3) is 4.12.